The molecule has 2 aromatic rings. The maximum atomic E-state index is 5.49. The van der Waals surface area contributed by atoms with Crippen LogP contribution in [-0.2, 0) is 6.61 Å². The standard InChI is InChI=1S/C11H11IN2O2/c1-15-10-4-2-9(3-5-10)8-16-14-11(12)6-7-13-14/h2-7H,8H2,1H3. The average molecular weight is 330 g/mol. The van der Waals surface area contributed by atoms with Crippen LogP contribution in [0.25, 0.3) is 0 Å². The molecule has 0 fully saturated rings. The van der Waals surface area contributed by atoms with E-state index in [-0.39, 0.29) is 0 Å². The molecule has 4 nitrogen and oxygen atoms in total. The first-order valence-electron chi connectivity index (χ1n) is 4.75. The minimum atomic E-state index is 0.488. The molecule has 0 spiro atoms. The van der Waals surface area contributed by atoms with Gasteiger partial charge in [-0.3, -0.25) is 0 Å². The quantitative estimate of drug-likeness (QED) is 0.806. The molecule has 1 heterocycles. The summed E-state index contributed by atoms with van der Waals surface area (Å²) in [6, 6.07) is 9.64. The van der Waals surface area contributed by atoms with Crippen LogP contribution in [0.2, 0.25) is 0 Å². The molecule has 0 aliphatic rings. The summed E-state index contributed by atoms with van der Waals surface area (Å²) >= 11 is 2.17. The molecule has 0 atom stereocenters. The van der Waals surface area contributed by atoms with Gasteiger partial charge in [0, 0.05) is 0 Å². The van der Waals surface area contributed by atoms with Gasteiger partial charge in [-0.25, -0.2) is 0 Å². The smallest absolute Gasteiger partial charge is 0.142 e. The highest BCUT2D eigenvalue weighted by molar-refractivity contribution is 14.1. The molecule has 1 aromatic carbocycles. The number of aromatic nitrogens is 2. The van der Waals surface area contributed by atoms with Gasteiger partial charge in [-0.1, -0.05) is 17.0 Å². The van der Waals surface area contributed by atoms with Gasteiger partial charge in [0.25, 0.3) is 0 Å². The van der Waals surface area contributed by atoms with Gasteiger partial charge < -0.3 is 9.57 Å². The minimum Gasteiger partial charge on any atom is -0.497 e. The molecule has 0 aliphatic heterocycles. The van der Waals surface area contributed by atoms with E-state index in [4.69, 9.17) is 9.57 Å². The lowest BCUT2D eigenvalue weighted by Crippen LogP contribution is -2.14. The topological polar surface area (TPSA) is 36.3 Å². The Balaban J connectivity index is 1.97. The van der Waals surface area contributed by atoms with E-state index in [0.29, 0.717) is 6.61 Å². The molecule has 84 valence electrons. The molecule has 0 radical (unpaired) electrons. The number of nitrogens with zero attached hydrogens (tertiary/aromatic N) is 2. The van der Waals surface area contributed by atoms with Crippen molar-refractivity contribution in [3.05, 3.63) is 45.8 Å². The SMILES string of the molecule is COc1ccc(COn2nccc2I)cc1. The molecule has 0 amide bonds. The minimum absolute atomic E-state index is 0.488. The molecule has 0 bridgehead atoms. The van der Waals surface area contributed by atoms with E-state index in [9.17, 15) is 0 Å². The Morgan fingerprint density at radius 1 is 1.25 bits per heavy atom. The predicted octanol–water partition coefficient (Wildman–Crippen LogP) is 2.13. The third kappa shape index (κ3) is 2.66. The van der Waals surface area contributed by atoms with Crippen molar-refractivity contribution in [2.75, 3.05) is 7.11 Å². The monoisotopic (exact) mass is 330 g/mol. The number of ether oxygens (including phenoxy) is 1. The second kappa shape index (κ2) is 5.20. The Hall–Kier alpha value is -1.24. The summed E-state index contributed by atoms with van der Waals surface area (Å²) < 4.78 is 6.03. The lowest BCUT2D eigenvalue weighted by Gasteiger charge is -2.06. The maximum absolute atomic E-state index is 5.49. The summed E-state index contributed by atoms with van der Waals surface area (Å²) in [5.41, 5.74) is 1.08. The molecular weight excluding hydrogens is 319 g/mol. The molecule has 0 aliphatic carbocycles. The van der Waals surface area contributed by atoms with E-state index in [1.54, 1.807) is 13.3 Å². The van der Waals surface area contributed by atoms with Crippen LogP contribution in [0.3, 0.4) is 0 Å². The van der Waals surface area contributed by atoms with Crippen molar-refractivity contribution in [2.45, 2.75) is 6.61 Å². The number of hydrogen-bond donors (Lipinski definition) is 0. The molecule has 2 rings (SSSR count). The van der Waals surface area contributed by atoms with Gasteiger partial charge >= 0.3 is 0 Å². The highest BCUT2D eigenvalue weighted by atomic mass is 127. The Kier molecular flexibility index (Phi) is 3.66. The zero-order valence-corrected chi connectivity index (χ0v) is 10.9. The van der Waals surface area contributed by atoms with Crippen LogP contribution < -0.4 is 9.57 Å². The molecule has 5 heteroatoms. The van der Waals surface area contributed by atoms with Gasteiger partial charge in [0.1, 0.15) is 16.1 Å². The van der Waals surface area contributed by atoms with Crippen molar-refractivity contribution in [1.29, 1.82) is 0 Å². The van der Waals surface area contributed by atoms with Crippen LogP contribution in [0.4, 0.5) is 0 Å². The highest BCUT2D eigenvalue weighted by Gasteiger charge is 2.00. The zero-order chi connectivity index (χ0) is 11.4. The lowest BCUT2D eigenvalue weighted by atomic mass is 10.2. The molecule has 16 heavy (non-hydrogen) atoms. The summed E-state index contributed by atoms with van der Waals surface area (Å²) in [5, 5.41) is 4.03. The number of methoxy groups -OCH3 is 1. The van der Waals surface area contributed by atoms with Crippen molar-refractivity contribution in [1.82, 2.24) is 9.94 Å². The van der Waals surface area contributed by atoms with E-state index < -0.39 is 0 Å². The van der Waals surface area contributed by atoms with E-state index in [2.05, 4.69) is 27.7 Å². The second-order valence-electron chi connectivity index (χ2n) is 3.15. The summed E-state index contributed by atoms with van der Waals surface area (Å²) in [6.07, 6.45) is 1.70. The third-order valence-corrected chi connectivity index (χ3v) is 2.85. The van der Waals surface area contributed by atoms with Crippen LogP contribution >= 0.6 is 22.6 Å². The molecule has 1 aromatic heterocycles. The zero-order valence-electron chi connectivity index (χ0n) is 8.76. The lowest BCUT2D eigenvalue weighted by molar-refractivity contribution is 0.0646. The van der Waals surface area contributed by atoms with E-state index in [1.165, 1.54) is 4.85 Å². The maximum Gasteiger partial charge on any atom is 0.142 e. The Bertz CT molecular complexity index is 453. The normalized spacial score (nSPS) is 10.1. The van der Waals surface area contributed by atoms with Crippen molar-refractivity contribution in [2.24, 2.45) is 0 Å². The molecule has 0 saturated heterocycles. The van der Waals surface area contributed by atoms with Gasteiger partial charge in [0.05, 0.1) is 13.3 Å². The first-order chi connectivity index (χ1) is 7.79. The summed E-state index contributed by atoms with van der Waals surface area (Å²) in [6.45, 7) is 0.488. The van der Waals surface area contributed by atoms with Crippen LogP contribution in [0.1, 0.15) is 5.56 Å². The fourth-order valence-corrected chi connectivity index (χ4v) is 1.65. The Morgan fingerprint density at radius 2 is 2.00 bits per heavy atom. The van der Waals surface area contributed by atoms with Crippen molar-refractivity contribution < 1.29 is 9.57 Å². The Labute approximate surface area is 107 Å². The van der Waals surface area contributed by atoms with E-state index in [0.717, 1.165) is 15.0 Å². The van der Waals surface area contributed by atoms with Crippen LogP contribution in [0, 0.1) is 3.70 Å². The van der Waals surface area contributed by atoms with Gasteiger partial charge in [0.15, 0.2) is 0 Å². The summed E-state index contributed by atoms with van der Waals surface area (Å²) in [7, 11) is 1.65. The number of rotatable bonds is 4. The van der Waals surface area contributed by atoms with Crippen LogP contribution in [-0.4, -0.2) is 17.1 Å². The first-order valence-corrected chi connectivity index (χ1v) is 5.83. The first kappa shape index (κ1) is 11.3. The molecule has 0 unspecified atom stereocenters. The van der Waals surface area contributed by atoms with Gasteiger partial charge in [0.2, 0.25) is 0 Å². The fourth-order valence-electron chi connectivity index (χ4n) is 1.23. The Morgan fingerprint density at radius 3 is 2.56 bits per heavy atom. The van der Waals surface area contributed by atoms with Crippen LogP contribution in [0.5, 0.6) is 5.75 Å². The van der Waals surface area contributed by atoms with E-state index in [1.807, 2.05) is 30.3 Å². The van der Waals surface area contributed by atoms with Crippen molar-refractivity contribution in [3.63, 3.8) is 0 Å². The number of benzene rings is 1. The third-order valence-electron chi connectivity index (χ3n) is 2.08. The van der Waals surface area contributed by atoms with Gasteiger partial charge in [-0.15, -0.1) is 5.10 Å². The van der Waals surface area contributed by atoms with Gasteiger partial charge in [-0.05, 0) is 46.4 Å². The van der Waals surface area contributed by atoms with Crippen molar-refractivity contribution >= 4 is 22.6 Å². The average Bonchev–Trinajstić information content (AvgIpc) is 2.73. The summed E-state index contributed by atoms with van der Waals surface area (Å²) in [4.78, 5) is 7.00. The van der Waals surface area contributed by atoms with Crippen LogP contribution in [0.15, 0.2) is 36.5 Å². The molecule has 0 saturated carbocycles. The largest absolute Gasteiger partial charge is 0.497 e. The second-order valence-corrected chi connectivity index (χ2v) is 4.25. The number of halogens is 1. The van der Waals surface area contributed by atoms with E-state index >= 15 is 0 Å². The van der Waals surface area contributed by atoms with Gasteiger partial charge in [-0.2, -0.15) is 0 Å². The van der Waals surface area contributed by atoms with Crippen molar-refractivity contribution in [3.8, 4) is 5.75 Å². The fraction of sp³-hybridized carbons (Fsp3) is 0.182. The number of hydrogen-bond acceptors (Lipinski definition) is 3. The summed E-state index contributed by atoms with van der Waals surface area (Å²) in [5.74, 6) is 0.845. The predicted molar refractivity (Wildman–Crippen MR) is 68.2 cm³/mol. The molecular formula is C11H11IN2O2. The highest BCUT2D eigenvalue weighted by Crippen LogP contribution is 2.11. The molecule has 0 N–H and O–H groups in total.